The minimum atomic E-state index is -0.361. The summed E-state index contributed by atoms with van der Waals surface area (Å²) in [4.78, 5) is 23.3. The molecule has 0 bridgehead atoms. The highest BCUT2D eigenvalue weighted by atomic mass is 16.5. The van der Waals surface area contributed by atoms with Crippen molar-refractivity contribution >= 4 is 11.9 Å². The van der Waals surface area contributed by atoms with E-state index in [1.807, 2.05) is 32.0 Å². The number of benzene rings is 1. The third kappa shape index (κ3) is 9.87. The maximum atomic E-state index is 11.8. The molecule has 0 fully saturated rings. The van der Waals surface area contributed by atoms with Crippen LogP contribution < -0.4 is 0 Å². The Hall–Kier alpha value is -1.88. The van der Waals surface area contributed by atoms with Gasteiger partial charge in [-0.15, -0.1) is 0 Å². The number of carbonyl (C=O) groups is 2. The van der Waals surface area contributed by atoms with E-state index in [0.29, 0.717) is 19.8 Å². The second kappa shape index (κ2) is 12.5. The predicted octanol–water partition coefficient (Wildman–Crippen LogP) is 3.72. The zero-order valence-corrected chi connectivity index (χ0v) is 15.5. The first kappa shape index (κ1) is 21.2. The number of ether oxygens (including phenoxy) is 3. The Morgan fingerprint density at radius 1 is 0.920 bits per heavy atom. The first-order chi connectivity index (χ1) is 12.0. The minimum absolute atomic E-state index is 0.0605. The third-order valence-corrected chi connectivity index (χ3v) is 3.78. The summed E-state index contributed by atoms with van der Waals surface area (Å²) >= 11 is 0. The summed E-state index contributed by atoms with van der Waals surface area (Å²) in [6.07, 6.45) is 1.73. The van der Waals surface area contributed by atoms with E-state index >= 15 is 0 Å². The fourth-order valence-corrected chi connectivity index (χ4v) is 2.39. The van der Waals surface area contributed by atoms with Crippen molar-refractivity contribution < 1.29 is 23.8 Å². The van der Waals surface area contributed by atoms with Gasteiger partial charge in [0.1, 0.15) is 0 Å². The molecule has 1 aromatic rings. The standard InChI is InChI=1S/C20H30O5/c1-16(2)15-25-20(22)10-9-19(21)24-14-12-18(11-13-23-3)17-7-5-4-6-8-17/h4-8,16,18H,9-15H2,1-3H3. The SMILES string of the molecule is COCCC(CCOC(=O)CCC(=O)OCC(C)C)c1ccccc1. The lowest BCUT2D eigenvalue weighted by Gasteiger charge is -2.17. The molecule has 140 valence electrons. The van der Waals surface area contributed by atoms with Crippen molar-refractivity contribution in [3.8, 4) is 0 Å². The van der Waals surface area contributed by atoms with E-state index in [1.54, 1.807) is 7.11 Å². The van der Waals surface area contributed by atoms with Gasteiger partial charge in [0.15, 0.2) is 0 Å². The van der Waals surface area contributed by atoms with Crippen LogP contribution in [0.25, 0.3) is 0 Å². The highest BCUT2D eigenvalue weighted by Crippen LogP contribution is 2.23. The van der Waals surface area contributed by atoms with Crippen molar-refractivity contribution in [1.29, 1.82) is 0 Å². The number of rotatable bonds is 12. The van der Waals surface area contributed by atoms with Crippen molar-refractivity contribution in [3.63, 3.8) is 0 Å². The van der Waals surface area contributed by atoms with Crippen LogP contribution in [0.15, 0.2) is 30.3 Å². The summed E-state index contributed by atoms with van der Waals surface area (Å²) in [6, 6.07) is 10.1. The number of hydrogen-bond donors (Lipinski definition) is 0. The van der Waals surface area contributed by atoms with Gasteiger partial charge in [-0.05, 0) is 30.2 Å². The monoisotopic (exact) mass is 350 g/mol. The average Bonchev–Trinajstić information content (AvgIpc) is 2.61. The smallest absolute Gasteiger partial charge is 0.306 e. The molecule has 0 heterocycles. The summed E-state index contributed by atoms with van der Waals surface area (Å²) in [5, 5.41) is 0. The molecule has 25 heavy (non-hydrogen) atoms. The van der Waals surface area contributed by atoms with E-state index in [0.717, 1.165) is 12.8 Å². The van der Waals surface area contributed by atoms with Crippen LogP contribution in [0.4, 0.5) is 0 Å². The van der Waals surface area contributed by atoms with E-state index in [-0.39, 0.29) is 36.6 Å². The first-order valence-electron chi connectivity index (χ1n) is 8.88. The summed E-state index contributed by atoms with van der Waals surface area (Å²) in [6.45, 7) is 5.31. The topological polar surface area (TPSA) is 61.8 Å². The van der Waals surface area contributed by atoms with E-state index in [4.69, 9.17) is 14.2 Å². The van der Waals surface area contributed by atoms with Crippen molar-refractivity contribution in [3.05, 3.63) is 35.9 Å². The molecule has 1 aromatic carbocycles. The van der Waals surface area contributed by atoms with Crippen LogP contribution in [0.3, 0.4) is 0 Å². The molecule has 1 atom stereocenters. The fraction of sp³-hybridized carbons (Fsp3) is 0.600. The van der Waals surface area contributed by atoms with Gasteiger partial charge >= 0.3 is 11.9 Å². The molecule has 1 unspecified atom stereocenters. The number of carbonyl (C=O) groups excluding carboxylic acids is 2. The number of methoxy groups -OCH3 is 1. The quantitative estimate of drug-likeness (QED) is 0.538. The molecule has 0 amide bonds. The molecule has 0 saturated heterocycles. The zero-order chi connectivity index (χ0) is 18.5. The van der Waals surface area contributed by atoms with Crippen LogP contribution in [0.1, 0.15) is 51.0 Å². The van der Waals surface area contributed by atoms with Crippen molar-refractivity contribution in [2.75, 3.05) is 26.9 Å². The molecule has 0 aliphatic carbocycles. The molecule has 5 heteroatoms. The van der Waals surface area contributed by atoms with E-state index in [9.17, 15) is 9.59 Å². The predicted molar refractivity (Wildman–Crippen MR) is 96.3 cm³/mol. The van der Waals surface area contributed by atoms with Gasteiger partial charge in [-0.25, -0.2) is 0 Å². The highest BCUT2D eigenvalue weighted by Gasteiger charge is 2.14. The molecule has 0 saturated carbocycles. The molecule has 0 N–H and O–H groups in total. The third-order valence-electron chi connectivity index (χ3n) is 3.78. The Morgan fingerprint density at radius 3 is 2.12 bits per heavy atom. The molecule has 1 rings (SSSR count). The largest absolute Gasteiger partial charge is 0.466 e. The summed E-state index contributed by atoms with van der Waals surface area (Å²) in [7, 11) is 1.68. The van der Waals surface area contributed by atoms with Crippen LogP contribution in [0, 0.1) is 5.92 Å². The molecule has 0 spiro atoms. The van der Waals surface area contributed by atoms with Crippen molar-refractivity contribution in [2.24, 2.45) is 5.92 Å². The molecule has 5 nitrogen and oxygen atoms in total. The molecular formula is C20H30O5. The van der Waals surface area contributed by atoms with Crippen LogP contribution in [-0.4, -0.2) is 38.9 Å². The summed E-state index contributed by atoms with van der Waals surface area (Å²) < 4.78 is 15.5. The molecule has 0 aromatic heterocycles. The van der Waals surface area contributed by atoms with Gasteiger partial charge in [0.25, 0.3) is 0 Å². The molecule has 0 aliphatic rings. The van der Waals surface area contributed by atoms with Gasteiger partial charge in [-0.3, -0.25) is 9.59 Å². The second-order valence-corrected chi connectivity index (χ2v) is 6.48. The lowest BCUT2D eigenvalue weighted by molar-refractivity contribution is -0.151. The summed E-state index contributed by atoms with van der Waals surface area (Å²) in [5.74, 6) is -0.143. The fourth-order valence-electron chi connectivity index (χ4n) is 2.39. The molecular weight excluding hydrogens is 320 g/mol. The van der Waals surface area contributed by atoms with E-state index < -0.39 is 0 Å². The first-order valence-corrected chi connectivity index (χ1v) is 8.88. The second-order valence-electron chi connectivity index (χ2n) is 6.48. The van der Waals surface area contributed by atoms with Crippen LogP contribution in [0.5, 0.6) is 0 Å². The highest BCUT2D eigenvalue weighted by molar-refractivity contribution is 5.77. The molecule has 0 radical (unpaired) electrons. The summed E-state index contributed by atoms with van der Waals surface area (Å²) in [5.41, 5.74) is 1.22. The van der Waals surface area contributed by atoms with E-state index in [2.05, 4.69) is 12.1 Å². The Balaban J connectivity index is 2.30. The maximum absolute atomic E-state index is 11.8. The van der Waals surface area contributed by atoms with Gasteiger partial charge in [0, 0.05) is 13.7 Å². The maximum Gasteiger partial charge on any atom is 0.306 e. The number of esters is 2. The van der Waals surface area contributed by atoms with Crippen LogP contribution >= 0.6 is 0 Å². The average molecular weight is 350 g/mol. The van der Waals surface area contributed by atoms with Crippen LogP contribution in [-0.2, 0) is 23.8 Å². The lowest BCUT2D eigenvalue weighted by atomic mass is 9.93. The number of hydrogen-bond acceptors (Lipinski definition) is 5. The van der Waals surface area contributed by atoms with Crippen LogP contribution in [0.2, 0.25) is 0 Å². The Labute approximate surface area is 150 Å². The zero-order valence-electron chi connectivity index (χ0n) is 15.5. The lowest BCUT2D eigenvalue weighted by Crippen LogP contribution is -2.14. The van der Waals surface area contributed by atoms with Gasteiger partial charge in [-0.1, -0.05) is 44.2 Å². The van der Waals surface area contributed by atoms with Gasteiger partial charge in [-0.2, -0.15) is 0 Å². The van der Waals surface area contributed by atoms with Gasteiger partial charge in [0.05, 0.1) is 26.1 Å². The van der Waals surface area contributed by atoms with Crippen molar-refractivity contribution in [2.45, 2.75) is 45.4 Å². The minimum Gasteiger partial charge on any atom is -0.466 e. The van der Waals surface area contributed by atoms with E-state index in [1.165, 1.54) is 5.56 Å². The Bertz CT molecular complexity index is 498. The van der Waals surface area contributed by atoms with Gasteiger partial charge < -0.3 is 14.2 Å². The van der Waals surface area contributed by atoms with Crippen molar-refractivity contribution in [1.82, 2.24) is 0 Å². The van der Waals surface area contributed by atoms with Gasteiger partial charge in [0.2, 0.25) is 0 Å². The Morgan fingerprint density at radius 2 is 1.52 bits per heavy atom. The molecule has 0 aliphatic heterocycles. The normalized spacial score (nSPS) is 12.0. The Kier molecular flexibility index (Phi) is 10.6.